The number of anilines is 3. The summed E-state index contributed by atoms with van der Waals surface area (Å²) in [6.07, 6.45) is 0.975. The fraction of sp³-hybridized carbons (Fsp3) is 0.444. The molecule has 0 aliphatic carbocycles. The molecule has 0 radical (unpaired) electrons. The van der Waals surface area contributed by atoms with Gasteiger partial charge in [-0.25, -0.2) is 14.8 Å². The van der Waals surface area contributed by atoms with E-state index in [1.54, 1.807) is 30.9 Å². The van der Waals surface area contributed by atoms with Crippen LogP contribution in [0.2, 0.25) is 0 Å². The Hall–Kier alpha value is -3.61. The lowest BCUT2D eigenvalue weighted by molar-refractivity contribution is 0.0530. The van der Waals surface area contributed by atoms with E-state index in [-0.39, 0.29) is 31.8 Å². The second-order valence-corrected chi connectivity index (χ2v) is 10.1. The zero-order valence-electron chi connectivity index (χ0n) is 22.4. The Balaban J connectivity index is 1.65. The minimum Gasteiger partial charge on any atom is -0.462 e. The van der Waals surface area contributed by atoms with Crippen molar-refractivity contribution in [1.82, 2.24) is 19.9 Å². The molecule has 1 aliphatic rings. The Morgan fingerprint density at radius 3 is 2.51 bits per heavy atom. The fourth-order valence-corrected chi connectivity index (χ4v) is 5.17. The van der Waals surface area contributed by atoms with E-state index in [1.807, 2.05) is 25.1 Å². The molecule has 4 rings (SSSR count). The van der Waals surface area contributed by atoms with Gasteiger partial charge in [0.1, 0.15) is 10.7 Å². The molecule has 0 saturated carbocycles. The summed E-state index contributed by atoms with van der Waals surface area (Å²) in [4.78, 5) is 43.0. The summed E-state index contributed by atoms with van der Waals surface area (Å²) in [5, 5.41) is 22.8. The Labute approximate surface area is 231 Å². The highest BCUT2D eigenvalue weighted by Crippen LogP contribution is 2.30. The van der Waals surface area contributed by atoms with Crippen LogP contribution in [0.4, 0.5) is 16.9 Å². The van der Waals surface area contributed by atoms with Crippen molar-refractivity contribution in [3.63, 3.8) is 0 Å². The maximum absolute atomic E-state index is 12.8. The van der Waals surface area contributed by atoms with E-state index in [0.717, 1.165) is 5.56 Å². The van der Waals surface area contributed by atoms with Crippen molar-refractivity contribution in [2.75, 3.05) is 49.6 Å². The lowest BCUT2D eigenvalue weighted by Gasteiger charge is -2.30. The molecule has 12 heteroatoms. The largest absolute Gasteiger partial charge is 0.462 e. The molecule has 1 aromatic carbocycles. The number of aliphatic hydroxyl groups is 2. The minimum atomic E-state index is -0.418. The number of nitrogens with zero attached hydrogens (tertiary/aromatic N) is 5. The van der Waals surface area contributed by atoms with E-state index in [0.29, 0.717) is 71.2 Å². The van der Waals surface area contributed by atoms with Crippen LogP contribution in [-0.4, -0.2) is 87.4 Å². The Kier molecular flexibility index (Phi) is 9.44. The van der Waals surface area contributed by atoms with Crippen molar-refractivity contribution >= 4 is 40.1 Å². The van der Waals surface area contributed by atoms with Crippen molar-refractivity contribution in [3.05, 3.63) is 46.5 Å². The highest BCUT2D eigenvalue weighted by Gasteiger charge is 2.22. The SMILES string of the molecule is CCOC(=O)c1sc(Nc2nc(-c3ccc(C(=O)N(CC)CCO)cc3)cc(N3CCC(O)CC3)n2)nc1C. The summed E-state index contributed by atoms with van der Waals surface area (Å²) in [5.74, 6) is 0.455. The summed E-state index contributed by atoms with van der Waals surface area (Å²) in [5.41, 5.74) is 2.53. The number of rotatable bonds is 10. The molecule has 0 spiro atoms. The molecule has 3 heterocycles. The first-order chi connectivity index (χ1) is 18.8. The number of aliphatic hydroxyl groups excluding tert-OH is 2. The number of thiazole rings is 1. The Morgan fingerprint density at radius 1 is 1.15 bits per heavy atom. The van der Waals surface area contributed by atoms with Crippen LogP contribution < -0.4 is 10.2 Å². The van der Waals surface area contributed by atoms with Crippen molar-refractivity contribution in [3.8, 4) is 11.3 Å². The molecule has 0 unspecified atom stereocenters. The second-order valence-electron chi connectivity index (χ2n) is 9.12. The lowest BCUT2D eigenvalue weighted by atomic mass is 10.1. The van der Waals surface area contributed by atoms with Gasteiger partial charge in [-0.1, -0.05) is 23.5 Å². The van der Waals surface area contributed by atoms with E-state index < -0.39 is 5.97 Å². The Morgan fingerprint density at radius 2 is 1.87 bits per heavy atom. The number of piperidine rings is 1. The number of nitrogens with one attached hydrogen (secondary N) is 1. The zero-order valence-corrected chi connectivity index (χ0v) is 23.2. The van der Waals surface area contributed by atoms with Gasteiger partial charge in [0.15, 0.2) is 5.13 Å². The number of ether oxygens (including phenoxy) is 1. The van der Waals surface area contributed by atoms with Crippen LogP contribution in [0.5, 0.6) is 0 Å². The number of carbonyl (C=O) groups excluding carboxylic acids is 2. The van der Waals surface area contributed by atoms with Gasteiger partial charge in [-0.15, -0.1) is 0 Å². The molecule has 1 amide bonds. The van der Waals surface area contributed by atoms with E-state index in [1.165, 1.54) is 11.3 Å². The van der Waals surface area contributed by atoms with Gasteiger partial charge in [-0.3, -0.25) is 10.1 Å². The molecule has 3 N–H and O–H groups in total. The van der Waals surface area contributed by atoms with Crippen molar-refractivity contribution < 1.29 is 24.5 Å². The van der Waals surface area contributed by atoms with Gasteiger partial charge in [-0.2, -0.15) is 4.98 Å². The third-order valence-corrected chi connectivity index (χ3v) is 7.50. The molecule has 2 aromatic heterocycles. The van der Waals surface area contributed by atoms with Crippen LogP contribution >= 0.6 is 11.3 Å². The number of hydrogen-bond acceptors (Lipinski definition) is 11. The minimum absolute atomic E-state index is 0.0927. The average molecular weight is 555 g/mol. The molecule has 39 heavy (non-hydrogen) atoms. The van der Waals surface area contributed by atoms with Gasteiger partial charge < -0.3 is 24.7 Å². The lowest BCUT2D eigenvalue weighted by Crippen LogP contribution is -2.36. The van der Waals surface area contributed by atoms with Gasteiger partial charge in [0, 0.05) is 43.4 Å². The first-order valence-electron chi connectivity index (χ1n) is 13.1. The molecule has 11 nitrogen and oxygen atoms in total. The summed E-state index contributed by atoms with van der Waals surface area (Å²) in [6.45, 7) is 7.66. The quantitative estimate of drug-likeness (QED) is 0.320. The highest BCUT2D eigenvalue weighted by atomic mass is 32.1. The third-order valence-electron chi connectivity index (χ3n) is 6.44. The molecule has 1 saturated heterocycles. The maximum Gasteiger partial charge on any atom is 0.350 e. The molecule has 0 bridgehead atoms. The number of carbonyl (C=O) groups is 2. The van der Waals surface area contributed by atoms with Gasteiger partial charge in [0.2, 0.25) is 5.95 Å². The predicted molar refractivity (Wildman–Crippen MR) is 150 cm³/mol. The van der Waals surface area contributed by atoms with Crippen LogP contribution in [0.1, 0.15) is 52.4 Å². The third kappa shape index (κ3) is 6.88. The molecule has 3 aromatic rings. The van der Waals surface area contributed by atoms with Gasteiger partial charge in [-0.05, 0) is 45.7 Å². The van der Waals surface area contributed by atoms with Gasteiger partial charge >= 0.3 is 5.97 Å². The van der Waals surface area contributed by atoms with Crippen molar-refractivity contribution in [2.45, 2.75) is 39.7 Å². The van der Waals surface area contributed by atoms with Crippen LogP contribution in [-0.2, 0) is 4.74 Å². The van der Waals surface area contributed by atoms with E-state index >= 15 is 0 Å². The molecular formula is C27H34N6O5S. The summed E-state index contributed by atoms with van der Waals surface area (Å²) < 4.78 is 5.12. The normalized spacial score (nSPS) is 13.8. The summed E-state index contributed by atoms with van der Waals surface area (Å²) >= 11 is 1.18. The zero-order chi connectivity index (χ0) is 27.9. The van der Waals surface area contributed by atoms with Crippen molar-refractivity contribution in [1.29, 1.82) is 0 Å². The number of aromatic nitrogens is 3. The topological polar surface area (TPSA) is 141 Å². The number of likely N-dealkylation sites (N-methyl/N-ethyl adjacent to an activating group) is 1. The van der Waals surface area contributed by atoms with Gasteiger partial charge in [0.25, 0.3) is 5.91 Å². The summed E-state index contributed by atoms with van der Waals surface area (Å²) in [6, 6.07) is 9.06. The molecular weight excluding hydrogens is 520 g/mol. The number of esters is 1. The first kappa shape index (κ1) is 28.4. The monoisotopic (exact) mass is 554 g/mol. The second kappa shape index (κ2) is 13.0. The molecule has 208 valence electrons. The maximum atomic E-state index is 12.8. The number of benzene rings is 1. The van der Waals surface area contributed by atoms with E-state index in [4.69, 9.17) is 14.7 Å². The van der Waals surface area contributed by atoms with Crippen LogP contribution in [0.25, 0.3) is 11.3 Å². The molecule has 1 aliphatic heterocycles. The fourth-order valence-electron chi connectivity index (χ4n) is 4.32. The standard InChI is InChI=1S/C27H34N6O5S/c1-4-32(14-15-34)24(36)19-8-6-18(7-9-19)21-16-22(33-12-10-20(35)11-13-33)30-26(29-21)31-27-28-17(3)23(39-27)25(37)38-5-2/h6-9,16,20,34-35H,4-5,10-15H2,1-3H3,(H,28,29,30,31). The van der Waals surface area contributed by atoms with Crippen LogP contribution in [0.3, 0.4) is 0 Å². The molecule has 0 atom stereocenters. The van der Waals surface area contributed by atoms with Crippen LogP contribution in [0.15, 0.2) is 30.3 Å². The predicted octanol–water partition coefficient (Wildman–Crippen LogP) is 3.24. The Bertz CT molecular complexity index is 1290. The highest BCUT2D eigenvalue weighted by molar-refractivity contribution is 7.17. The van der Waals surface area contributed by atoms with E-state index in [2.05, 4.69) is 15.2 Å². The van der Waals surface area contributed by atoms with Gasteiger partial charge in [0.05, 0.1) is 30.7 Å². The first-order valence-corrected chi connectivity index (χ1v) is 13.9. The number of hydrogen-bond donors (Lipinski definition) is 3. The van der Waals surface area contributed by atoms with Crippen molar-refractivity contribution in [2.24, 2.45) is 0 Å². The van der Waals surface area contributed by atoms with E-state index in [9.17, 15) is 19.8 Å². The number of amides is 1. The van der Waals surface area contributed by atoms with Crippen LogP contribution in [0, 0.1) is 6.92 Å². The average Bonchev–Trinajstić information content (AvgIpc) is 3.31. The summed E-state index contributed by atoms with van der Waals surface area (Å²) in [7, 11) is 0. The molecule has 1 fully saturated rings. The smallest absolute Gasteiger partial charge is 0.350 e. The number of aryl methyl sites for hydroxylation is 1.